The zero-order valence-electron chi connectivity index (χ0n) is 13.1. The normalized spacial score (nSPS) is 11.7. The molecule has 0 saturated heterocycles. The van der Waals surface area contributed by atoms with Crippen molar-refractivity contribution in [2.75, 3.05) is 5.73 Å². The Balaban J connectivity index is 2.06. The van der Waals surface area contributed by atoms with Crippen LogP contribution in [0.5, 0.6) is 0 Å². The van der Waals surface area contributed by atoms with Gasteiger partial charge in [0.2, 0.25) is 0 Å². The summed E-state index contributed by atoms with van der Waals surface area (Å²) < 4.78 is 27.3. The van der Waals surface area contributed by atoms with Gasteiger partial charge in [0.15, 0.2) is 5.65 Å². The third-order valence-electron chi connectivity index (χ3n) is 3.97. The van der Waals surface area contributed by atoms with Crippen LogP contribution in [0, 0.1) is 0 Å². The molecule has 6 nitrogen and oxygen atoms in total. The lowest BCUT2D eigenvalue weighted by Crippen LogP contribution is -2.12. The molecule has 124 valence electrons. The minimum atomic E-state index is -3.80. The molecule has 2 heterocycles. The molecule has 0 saturated carbocycles. The van der Waals surface area contributed by atoms with E-state index in [1.54, 1.807) is 36.5 Å². The van der Waals surface area contributed by atoms with Gasteiger partial charge in [0.05, 0.1) is 10.3 Å². The van der Waals surface area contributed by atoms with Crippen molar-refractivity contribution in [1.29, 1.82) is 0 Å². The van der Waals surface area contributed by atoms with Crippen molar-refractivity contribution in [3.05, 3.63) is 73.2 Å². The summed E-state index contributed by atoms with van der Waals surface area (Å²) in [5.41, 5.74) is 7.81. The van der Waals surface area contributed by atoms with Gasteiger partial charge in [0, 0.05) is 11.8 Å². The Kier molecular flexibility index (Phi) is 3.51. The highest BCUT2D eigenvalue weighted by atomic mass is 32.2. The predicted octanol–water partition coefficient (Wildman–Crippen LogP) is 2.92. The second-order valence-electron chi connectivity index (χ2n) is 5.48. The van der Waals surface area contributed by atoms with Crippen molar-refractivity contribution in [2.24, 2.45) is 0 Å². The quantitative estimate of drug-likeness (QED) is 0.613. The third-order valence-corrected chi connectivity index (χ3v) is 5.63. The Hall–Kier alpha value is -3.19. The average molecular weight is 350 g/mol. The molecule has 0 aliphatic carbocycles. The first-order chi connectivity index (χ1) is 12.1. The first kappa shape index (κ1) is 15.3. The second-order valence-corrected chi connectivity index (χ2v) is 7.30. The molecule has 7 heteroatoms. The molecule has 0 aliphatic rings. The van der Waals surface area contributed by atoms with Crippen molar-refractivity contribution >= 4 is 26.9 Å². The predicted molar refractivity (Wildman–Crippen MR) is 96.4 cm³/mol. The van der Waals surface area contributed by atoms with E-state index in [2.05, 4.69) is 9.97 Å². The van der Waals surface area contributed by atoms with E-state index < -0.39 is 10.0 Å². The van der Waals surface area contributed by atoms with Crippen LogP contribution in [0.25, 0.3) is 22.2 Å². The van der Waals surface area contributed by atoms with Gasteiger partial charge in [-0.3, -0.25) is 0 Å². The van der Waals surface area contributed by atoms with E-state index in [1.807, 2.05) is 30.3 Å². The summed E-state index contributed by atoms with van der Waals surface area (Å²) in [5.74, 6) is 0.242. The average Bonchev–Trinajstić information content (AvgIpc) is 3.05. The molecule has 2 aromatic carbocycles. The molecule has 4 aromatic rings. The molecule has 0 radical (unpaired) electrons. The van der Waals surface area contributed by atoms with Crippen molar-refractivity contribution in [1.82, 2.24) is 13.9 Å². The molecule has 0 aliphatic heterocycles. The van der Waals surface area contributed by atoms with Gasteiger partial charge in [-0.15, -0.1) is 0 Å². The Morgan fingerprint density at radius 1 is 0.880 bits per heavy atom. The second kappa shape index (κ2) is 5.71. The fourth-order valence-electron chi connectivity index (χ4n) is 2.78. The SMILES string of the molecule is Nc1ncnc2c1c(-c1ccccc1)cn2S(=O)(=O)c1ccccc1. The molecule has 2 aromatic heterocycles. The fraction of sp³-hybridized carbons (Fsp3) is 0. The highest BCUT2D eigenvalue weighted by Crippen LogP contribution is 2.34. The van der Waals surface area contributed by atoms with Crippen LogP contribution in [-0.4, -0.2) is 22.4 Å². The van der Waals surface area contributed by atoms with Gasteiger partial charge in [0.1, 0.15) is 12.1 Å². The van der Waals surface area contributed by atoms with E-state index >= 15 is 0 Å². The lowest BCUT2D eigenvalue weighted by molar-refractivity contribution is 0.589. The van der Waals surface area contributed by atoms with E-state index in [4.69, 9.17) is 5.73 Å². The fourth-order valence-corrected chi connectivity index (χ4v) is 4.12. The van der Waals surface area contributed by atoms with E-state index in [0.717, 1.165) is 9.54 Å². The number of fused-ring (bicyclic) bond motifs is 1. The maximum absolute atomic E-state index is 13.1. The molecule has 25 heavy (non-hydrogen) atoms. The zero-order chi connectivity index (χ0) is 17.4. The van der Waals surface area contributed by atoms with Crippen LogP contribution in [-0.2, 0) is 10.0 Å². The first-order valence-corrected chi connectivity index (χ1v) is 9.00. The van der Waals surface area contributed by atoms with Gasteiger partial charge in [0.25, 0.3) is 10.0 Å². The molecule has 0 spiro atoms. The summed E-state index contributed by atoms with van der Waals surface area (Å²) >= 11 is 0. The van der Waals surface area contributed by atoms with Crippen molar-refractivity contribution in [2.45, 2.75) is 4.90 Å². The van der Waals surface area contributed by atoms with Crippen LogP contribution in [0.15, 0.2) is 78.1 Å². The van der Waals surface area contributed by atoms with E-state index in [1.165, 1.54) is 6.33 Å². The Morgan fingerprint density at radius 3 is 2.20 bits per heavy atom. The number of nitrogens with two attached hydrogens (primary N) is 1. The number of benzene rings is 2. The number of anilines is 1. The molecular formula is C18H14N4O2S. The summed E-state index contributed by atoms with van der Waals surface area (Å²) in [5, 5.41) is 0.521. The Bertz CT molecular complexity index is 1150. The van der Waals surface area contributed by atoms with Crippen molar-refractivity contribution in [3.8, 4) is 11.1 Å². The maximum Gasteiger partial charge on any atom is 0.269 e. The topological polar surface area (TPSA) is 90.9 Å². The summed E-state index contributed by atoms with van der Waals surface area (Å²) in [7, 11) is -3.80. The Morgan fingerprint density at radius 2 is 1.52 bits per heavy atom. The minimum Gasteiger partial charge on any atom is -0.383 e. The zero-order valence-corrected chi connectivity index (χ0v) is 13.9. The number of nitrogen functional groups attached to an aromatic ring is 1. The number of hydrogen-bond acceptors (Lipinski definition) is 5. The molecule has 0 atom stereocenters. The van der Waals surface area contributed by atoms with Gasteiger partial charge < -0.3 is 5.73 Å². The highest BCUT2D eigenvalue weighted by Gasteiger charge is 2.24. The van der Waals surface area contributed by atoms with Crippen LogP contribution < -0.4 is 5.73 Å². The van der Waals surface area contributed by atoms with Gasteiger partial charge >= 0.3 is 0 Å². The minimum absolute atomic E-state index is 0.184. The lowest BCUT2D eigenvalue weighted by Gasteiger charge is -2.06. The summed E-state index contributed by atoms with van der Waals surface area (Å²) in [4.78, 5) is 8.38. The number of aromatic nitrogens is 3. The summed E-state index contributed by atoms with van der Waals surface area (Å²) in [6.45, 7) is 0. The van der Waals surface area contributed by atoms with Crippen LogP contribution in [0.4, 0.5) is 5.82 Å². The summed E-state index contributed by atoms with van der Waals surface area (Å²) in [6.07, 6.45) is 2.82. The van der Waals surface area contributed by atoms with Crippen LogP contribution >= 0.6 is 0 Å². The summed E-state index contributed by atoms with van der Waals surface area (Å²) in [6, 6.07) is 17.7. The monoisotopic (exact) mass is 350 g/mol. The Labute approximate surface area is 144 Å². The van der Waals surface area contributed by atoms with Crippen molar-refractivity contribution in [3.63, 3.8) is 0 Å². The molecule has 0 fully saturated rings. The maximum atomic E-state index is 13.1. The first-order valence-electron chi connectivity index (χ1n) is 7.56. The van der Waals surface area contributed by atoms with E-state index in [0.29, 0.717) is 10.9 Å². The van der Waals surface area contributed by atoms with Gasteiger partial charge in [-0.25, -0.2) is 22.4 Å². The van der Waals surface area contributed by atoms with Gasteiger partial charge in [-0.05, 0) is 17.7 Å². The molecule has 2 N–H and O–H groups in total. The van der Waals surface area contributed by atoms with Crippen molar-refractivity contribution < 1.29 is 8.42 Å². The van der Waals surface area contributed by atoms with E-state index in [9.17, 15) is 8.42 Å². The molecule has 0 bridgehead atoms. The molecule has 0 unspecified atom stereocenters. The smallest absolute Gasteiger partial charge is 0.269 e. The van der Waals surface area contributed by atoms with Gasteiger partial charge in [-0.1, -0.05) is 48.5 Å². The van der Waals surface area contributed by atoms with Crippen LogP contribution in [0.2, 0.25) is 0 Å². The lowest BCUT2D eigenvalue weighted by atomic mass is 10.1. The third kappa shape index (κ3) is 2.45. The standard InChI is InChI=1S/C18H14N4O2S/c19-17-16-15(13-7-3-1-4-8-13)11-22(18(16)21-12-20-17)25(23,24)14-9-5-2-6-10-14/h1-12H,(H2,19,20,21). The molecule has 4 rings (SSSR count). The largest absolute Gasteiger partial charge is 0.383 e. The van der Waals surface area contributed by atoms with Crippen LogP contribution in [0.3, 0.4) is 0 Å². The highest BCUT2D eigenvalue weighted by molar-refractivity contribution is 7.90. The van der Waals surface area contributed by atoms with E-state index in [-0.39, 0.29) is 16.4 Å². The van der Waals surface area contributed by atoms with Gasteiger partial charge in [-0.2, -0.15) is 0 Å². The molecule has 0 amide bonds. The number of hydrogen-bond donors (Lipinski definition) is 1. The number of nitrogens with zero attached hydrogens (tertiary/aromatic N) is 3. The number of rotatable bonds is 3. The molecular weight excluding hydrogens is 336 g/mol. The van der Waals surface area contributed by atoms with Crippen LogP contribution in [0.1, 0.15) is 0 Å².